The summed E-state index contributed by atoms with van der Waals surface area (Å²) in [5.41, 5.74) is 53.3. The molecule has 8 aliphatic rings. The first-order valence-electron chi connectivity index (χ1n) is 40.3. The minimum atomic E-state index is -0.149. The number of hydrogen-bond donors (Lipinski definition) is 8. The lowest BCUT2D eigenvalue weighted by atomic mass is 9.73. The summed E-state index contributed by atoms with van der Waals surface area (Å²) < 4.78 is 6.49. The third kappa shape index (κ3) is 17.2. The molecule has 0 unspecified atom stereocenters. The van der Waals surface area contributed by atoms with Gasteiger partial charge in [0, 0.05) is 143 Å². The summed E-state index contributed by atoms with van der Waals surface area (Å²) in [6, 6.07) is 24.0. The minimum absolute atomic E-state index is 0.0946. The number of pyridine rings is 2. The molecule has 0 amide bonds. The average Bonchev–Trinajstić information content (AvgIpc) is 1.68. The van der Waals surface area contributed by atoms with Crippen molar-refractivity contribution in [3.63, 3.8) is 0 Å². The summed E-state index contributed by atoms with van der Waals surface area (Å²) >= 11 is 11.6. The molecule has 2 aromatic carbocycles. The number of nitrogens with two attached hydrogens (primary N) is 8. The van der Waals surface area contributed by atoms with Gasteiger partial charge in [-0.1, -0.05) is 116 Å². The van der Waals surface area contributed by atoms with Gasteiger partial charge in [0.1, 0.15) is 42.9 Å². The van der Waals surface area contributed by atoms with E-state index in [2.05, 4.69) is 70.3 Å². The van der Waals surface area contributed by atoms with Crippen LogP contribution in [0, 0.1) is 53.3 Å². The number of hydrogen-bond acceptors (Lipinski definition) is 26. The second-order valence-corrected chi connectivity index (χ2v) is 38.0. The molecule has 16 rings (SSSR count). The molecular formula is C83H115ClN22O4S4. The van der Waals surface area contributed by atoms with Crippen LogP contribution in [0.3, 0.4) is 0 Å². The van der Waals surface area contributed by atoms with E-state index in [9.17, 15) is 19.2 Å². The molecule has 26 nitrogen and oxygen atoms in total. The van der Waals surface area contributed by atoms with E-state index >= 15 is 0 Å². The quantitative estimate of drug-likeness (QED) is 0.0563. The van der Waals surface area contributed by atoms with Crippen LogP contribution >= 0.6 is 58.6 Å². The van der Waals surface area contributed by atoms with Crippen molar-refractivity contribution in [1.82, 2.24) is 48.2 Å². The van der Waals surface area contributed by atoms with Crippen LogP contribution in [0.25, 0.3) is 0 Å². The molecule has 6 aromatic heterocycles. The molecule has 612 valence electrons. The summed E-state index contributed by atoms with van der Waals surface area (Å²) in [4.78, 5) is 93.1. The first-order valence-corrected chi connectivity index (χ1v) is 43.9. The lowest BCUT2D eigenvalue weighted by Crippen LogP contribution is -2.49. The fraction of sp³-hybridized carbons (Fsp3) is 0.542. The third-order valence-corrected chi connectivity index (χ3v) is 32.0. The van der Waals surface area contributed by atoms with Crippen molar-refractivity contribution < 1.29 is 0 Å². The maximum Gasteiger partial charge on any atom is 0.270 e. The van der Waals surface area contributed by atoms with Crippen molar-refractivity contribution in [2.24, 2.45) is 90.5 Å². The van der Waals surface area contributed by atoms with Crippen LogP contribution < -0.4 is 87.7 Å². The number of anilines is 8. The van der Waals surface area contributed by atoms with Crippen LogP contribution in [0.15, 0.2) is 150 Å². The standard InChI is InChI=1S/C21H28ClN5OS.C21H30N6OS.C21H29N5OS.C20H28N6OS/c1-13-7-8-21(17(13)23)9-11-27(12-10-21)20-25-18(24)16(19(28)26(20)2)29-15-6-4-3-5-14(15)22;1-13-4-6-21(17(13)22)7-10-27(11-8-21)20-25-18(23)16(19(28)26(20)3)29-15-5-9-24-12-14(15)2;1-14-8-9-21(17(14)22)10-12-26(13-11-21)20-24-18(23)16(19(27)25(20)2)28-15-6-4-3-5-7-15;1-13-14(5-4-10-23-13)28-16-17(22)24-19(25(2)18(16)27)26-11-8-20(9-12-26)7-3-6-15(20)21/h3-6,13,17H,7-12,23-24H2,1-2H3;5,9,12-13,17H,4,6-8,10-11,22-23H2,1-3H3;3-7,14,17H,8-13,22-23H2,1-2H3;4-5,10,15H,3,6-9,11-12,21-22H2,1-2H3/t2*13-,17-;14-,17-;15-/m1111/s1. The number of piperidine rings is 4. The van der Waals surface area contributed by atoms with Crippen LogP contribution in [-0.4, -0.2) is 125 Å². The highest BCUT2D eigenvalue weighted by molar-refractivity contribution is 8.00. The van der Waals surface area contributed by atoms with Gasteiger partial charge in [-0.2, -0.15) is 19.9 Å². The molecule has 7 atom stereocenters. The van der Waals surface area contributed by atoms with Crippen molar-refractivity contribution in [2.75, 3.05) is 94.9 Å². The van der Waals surface area contributed by atoms with Crippen molar-refractivity contribution >= 4 is 106 Å². The second-order valence-electron chi connectivity index (χ2n) is 33.4. The van der Waals surface area contributed by atoms with Gasteiger partial charge >= 0.3 is 0 Å². The van der Waals surface area contributed by atoms with Gasteiger partial charge in [-0.15, -0.1) is 0 Å². The maximum absolute atomic E-state index is 13.1. The smallest absolute Gasteiger partial charge is 0.270 e. The molecule has 31 heteroatoms. The predicted molar refractivity (Wildman–Crippen MR) is 464 cm³/mol. The Hall–Kier alpha value is -7.81. The Morgan fingerprint density at radius 3 is 1.11 bits per heavy atom. The van der Waals surface area contributed by atoms with Gasteiger partial charge in [0.15, 0.2) is 0 Å². The molecule has 16 N–H and O–H groups in total. The summed E-state index contributed by atoms with van der Waals surface area (Å²) in [5, 5.41) is 0.589. The van der Waals surface area contributed by atoms with E-state index in [1.807, 2.05) is 80.6 Å². The summed E-state index contributed by atoms with van der Waals surface area (Å²) in [5.74, 6) is 5.49. The molecule has 0 radical (unpaired) electrons. The third-order valence-electron chi connectivity index (χ3n) is 26.8. The van der Waals surface area contributed by atoms with Crippen molar-refractivity contribution in [2.45, 2.75) is 207 Å². The molecule has 8 fully saturated rings. The second kappa shape index (κ2) is 35.2. The zero-order valence-electron chi connectivity index (χ0n) is 67.4. The Kier molecular flexibility index (Phi) is 25.9. The number of nitrogens with zero attached hydrogens (tertiary/aromatic N) is 14. The first kappa shape index (κ1) is 84.1. The number of halogens is 1. The molecule has 4 aliphatic carbocycles. The van der Waals surface area contributed by atoms with Crippen LogP contribution in [0.5, 0.6) is 0 Å². The van der Waals surface area contributed by atoms with Crippen LogP contribution in [0.1, 0.15) is 141 Å². The van der Waals surface area contributed by atoms with Crippen molar-refractivity contribution in [3.8, 4) is 0 Å². The first-order chi connectivity index (χ1) is 54.5. The maximum atomic E-state index is 13.1. The van der Waals surface area contributed by atoms with E-state index in [4.69, 9.17) is 57.5 Å². The van der Waals surface area contributed by atoms with Crippen molar-refractivity contribution in [3.05, 3.63) is 149 Å². The lowest BCUT2D eigenvalue weighted by molar-refractivity contribution is 0.185. The fourth-order valence-corrected chi connectivity index (χ4v) is 23.0. The highest BCUT2D eigenvalue weighted by Gasteiger charge is 2.50. The minimum Gasteiger partial charge on any atom is -0.382 e. The van der Waals surface area contributed by atoms with E-state index < -0.39 is 0 Å². The summed E-state index contributed by atoms with van der Waals surface area (Å²) in [6.07, 6.45) is 24.4. The average molecular weight is 1650 g/mol. The molecule has 0 bridgehead atoms. The Labute approximate surface area is 690 Å². The lowest BCUT2D eigenvalue weighted by Gasteiger charge is -2.43. The molecular weight excluding hydrogens is 1530 g/mol. The Bertz CT molecular complexity index is 4860. The topological polar surface area (TPSA) is 386 Å². The largest absolute Gasteiger partial charge is 0.382 e. The zero-order valence-corrected chi connectivity index (χ0v) is 71.4. The highest BCUT2D eigenvalue weighted by atomic mass is 35.5. The fourth-order valence-electron chi connectivity index (χ4n) is 19.0. The van der Waals surface area contributed by atoms with Crippen LogP contribution in [0.4, 0.5) is 47.1 Å². The molecule has 114 heavy (non-hydrogen) atoms. The Morgan fingerprint density at radius 1 is 0.404 bits per heavy atom. The molecule has 8 aromatic rings. The molecule has 4 saturated carbocycles. The SMILES string of the molecule is C[C@@H]1CCC2(CCN(c3nc(N)c(Sc4ccccc4)c(=O)n3C)CC2)[C@@H]1N.C[C@@H]1CCC2(CCN(c3nc(N)c(Sc4ccccc4Cl)c(=O)n3C)CC2)[C@@H]1N.Cc1cnccc1Sc1c(N)nc(N2CCC3(CC[C@@H](C)[C@H]3N)CC2)n(C)c1=O.Cc1ncccc1Sc1c(N)nc(N2CCC3(CCC[C@H]3N)CC2)n(C)c1=O. The van der Waals surface area contributed by atoms with Crippen LogP contribution in [0.2, 0.25) is 5.02 Å². The molecule has 10 heterocycles. The number of rotatable bonds is 12. The molecule has 4 saturated heterocycles. The normalized spacial score (nSPS) is 23.2. The number of benzene rings is 2. The van der Waals surface area contributed by atoms with Crippen molar-refractivity contribution in [1.29, 1.82) is 0 Å². The van der Waals surface area contributed by atoms with Gasteiger partial charge in [-0.3, -0.25) is 47.4 Å². The van der Waals surface area contributed by atoms with E-state index in [0.29, 0.717) is 78.0 Å². The number of aromatic nitrogens is 10. The van der Waals surface area contributed by atoms with E-state index in [-0.39, 0.29) is 79.5 Å². The number of aryl methyl sites for hydroxylation is 2. The van der Waals surface area contributed by atoms with Gasteiger partial charge < -0.3 is 65.5 Å². The Balaban J connectivity index is 0.000000133. The van der Waals surface area contributed by atoms with Gasteiger partial charge in [-0.25, -0.2) is 0 Å². The van der Waals surface area contributed by atoms with Gasteiger partial charge in [0.05, 0.1) is 10.7 Å². The molecule has 4 spiro atoms. The zero-order chi connectivity index (χ0) is 81.3. The van der Waals surface area contributed by atoms with Gasteiger partial charge in [0.25, 0.3) is 22.2 Å². The van der Waals surface area contributed by atoms with E-state index in [1.165, 1.54) is 98.4 Å². The van der Waals surface area contributed by atoms with Gasteiger partial charge in [-0.05, 0) is 204 Å². The van der Waals surface area contributed by atoms with E-state index in [0.717, 1.165) is 141 Å². The molecule has 4 aliphatic heterocycles. The Morgan fingerprint density at radius 2 is 0.754 bits per heavy atom. The van der Waals surface area contributed by atoms with E-state index in [1.54, 1.807) is 71.1 Å². The predicted octanol–water partition coefficient (Wildman–Crippen LogP) is 11.2. The highest BCUT2D eigenvalue weighted by Crippen LogP contribution is 2.52. The van der Waals surface area contributed by atoms with Gasteiger partial charge in [0.2, 0.25) is 23.8 Å². The number of nitrogen functional groups attached to an aromatic ring is 4. The summed E-state index contributed by atoms with van der Waals surface area (Å²) in [6.45, 7) is 17.5. The monoisotopic (exact) mass is 1650 g/mol. The van der Waals surface area contributed by atoms with Crippen LogP contribution in [-0.2, 0) is 28.2 Å². The summed E-state index contributed by atoms with van der Waals surface area (Å²) in [7, 11) is 7.10.